The molecule has 18 aromatic carbocycles. The third-order valence-corrected chi connectivity index (χ3v) is 23.2. The fourth-order valence-electron chi connectivity index (χ4n) is 18.2. The molecule has 0 saturated carbocycles. The fourth-order valence-corrected chi connectivity index (χ4v) is 18.2. The van der Waals surface area contributed by atoms with E-state index in [0.717, 1.165) is 216 Å². The molecule has 0 spiro atoms. The molecule has 0 atom stereocenters. The molecule has 0 fully saturated rings. The molecular weight excluding hydrogens is 1370 g/mol. The molecule has 0 aliphatic carbocycles. The van der Waals surface area contributed by atoms with Crippen LogP contribution < -0.4 is 9.80 Å². The zero-order valence-corrected chi connectivity index (χ0v) is 60.2. The van der Waals surface area contributed by atoms with Crippen LogP contribution in [0.25, 0.3) is 198 Å². The van der Waals surface area contributed by atoms with Crippen molar-refractivity contribution < 1.29 is 17.7 Å². The van der Waals surface area contributed by atoms with Crippen LogP contribution in [0.2, 0.25) is 0 Å². The van der Waals surface area contributed by atoms with Crippen molar-refractivity contribution >= 4 is 187 Å². The number of anilines is 6. The Labute approximate surface area is 640 Å². The van der Waals surface area contributed by atoms with E-state index in [1.54, 1.807) is 0 Å². The smallest absolute Gasteiger partial charge is 0.143 e. The molecule has 24 aromatic rings. The number of para-hydroxylation sites is 7. The summed E-state index contributed by atoms with van der Waals surface area (Å²) in [5.41, 5.74) is 25.9. The first-order chi connectivity index (χ1) is 55.5. The Balaban J connectivity index is 0.587. The second-order valence-corrected chi connectivity index (χ2v) is 29.4. The Kier molecular flexibility index (Phi) is 13.4. The summed E-state index contributed by atoms with van der Waals surface area (Å²) in [6, 6.07) is 135. The van der Waals surface area contributed by atoms with Gasteiger partial charge in [0.05, 0.1) is 22.1 Å². The maximum absolute atomic E-state index is 6.96. The van der Waals surface area contributed by atoms with Gasteiger partial charge in [-0.3, -0.25) is 0 Å². The first-order valence-electron chi connectivity index (χ1n) is 38.1. The summed E-state index contributed by atoms with van der Waals surface area (Å²) in [5.74, 6) is 0. The van der Waals surface area contributed by atoms with Gasteiger partial charge in [-0.2, -0.15) is 0 Å². The first-order valence-corrected chi connectivity index (χ1v) is 38.1. The Morgan fingerprint density at radius 3 is 1.19 bits per heavy atom. The van der Waals surface area contributed by atoms with Gasteiger partial charge in [0.25, 0.3) is 0 Å². The van der Waals surface area contributed by atoms with E-state index in [4.69, 9.17) is 17.7 Å². The normalized spacial score (nSPS) is 12.1. The number of furan rings is 4. The SMILES string of the molecule is c1ccc(N(c2ccc(-c3cc(-n4c5ccccc5c5cc(-c6cccc7c6ccc6oc8cc(N(c9ccccc9)c9ccc(-c%10cc(-n%11c%12ccccc%12c%12ccccc%12%11)cc%11c%10oc%10ccccc%10%11)cc9)ccc8c67)ccc54)cc4c3oc3ccccc34)cc2)c2ccc3c(c2)oc2c4ccccc4ccc32)cc1. The van der Waals surface area contributed by atoms with E-state index in [-0.39, 0.29) is 0 Å². The molecule has 0 aliphatic rings. The van der Waals surface area contributed by atoms with Gasteiger partial charge in [0.2, 0.25) is 0 Å². The molecule has 0 bridgehead atoms. The Morgan fingerprint density at radius 2 is 0.607 bits per heavy atom. The maximum atomic E-state index is 6.96. The average Bonchev–Trinajstić information content (AvgIpc) is 1.57. The predicted octanol–water partition coefficient (Wildman–Crippen LogP) is 29.7. The van der Waals surface area contributed by atoms with Crippen molar-refractivity contribution in [3.63, 3.8) is 0 Å². The van der Waals surface area contributed by atoms with Crippen LogP contribution in [-0.2, 0) is 0 Å². The lowest BCUT2D eigenvalue weighted by Gasteiger charge is -2.25. The second kappa shape index (κ2) is 24.2. The van der Waals surface area contributed by atoms with Crippen LogP contribution in [0.15, 0.2) is 394 Å². The molecule has 0 saturated heterocycles. The number of nitrogens with zero attached hydrogens (tertiary/aromatic N) is 4. The van der Waals surface area contributed by atoms with E-state index in [1.165, 1.54) is 16.2 Å². The highest BCUT2D eigenvalue weighted by Gasteiger charge is 2.26. The molecule has 0 aliphatic heterocycles. The molecule has 0 unspecified atom stereocenters. The number of hydrogen-bond donors (Lipinski definition) is 0. The van der Waals surface area contributed by atoms with Crippen molar-refractivity contribution in [1.29, 1.82) is 0 Å². The van der Waals surface area contributed by atoms with Gasteiger partial charge < -0.3 is 36.6 Å². The van der Waals surface area contributed by atoms with E-state index < -0.39 is 0 Å². The van der Waals surface area contributed by atoms with Crippen LogP contribution in [0.5, 0.6) is 0 Å². The Hall–Kier alpha value is -15.1. The zero-order chi connectivity index (χ0) is 73.2. The third kappa shape index (κ3) is 9.42. The third-order valence-electron chi connectivity index (χ3n) is 23.2. The Morgan fingerprint density at radius 1 is 0.188 bits per heavy atom. The summed E-state index contributed by atoms with van der Waals surface area (Å²) >= 11 is 0. The van der Waals surface area contributed by atoms with Crippen molar-refractivity contribution in [1.82, 2.24) is 9.13 Å². The monoisotopic (exact) mass is 1430 g/mol. The molecule has 112 heavy (non-hydrogen) atoms. The lowest BCUT2D eigenvalue weighted by molar-refractivity contribution is 0.669. The van der Waals surface area contributed by atoms with E-state index in [2.05, 4.69) is 389 Å². The van der Waals surface area contributed by atoms with Gasteiger partial charge in [0.15, 0.2) is 0 Å². The van der Waals surface area contributed by atoms with Gasteiger partial charge in [0, 0.05) is 139 Å². The quantitative estimate of drug-likeness (QED) is 0.129. The van der Waals surface area contributed by atoms with Gasteiger partial charge in [-0.05, 0) is 190 Å². The molecular formula is C104H62N4O4. The molecule has 8 nitrogen and oxygen atoms in total. The first kappa shape index (κ1) is 62.0. The van der Waals surface area contributed by atoms with Crippen molar-refractivity contribution in [2.24, 2.45) is 0 Å². The highest BCUT2D eigenvalue weighted by molar-refractivity contribution is 6.23. The molecule has 6 aromatic heterocycles. The number of aromatic nitrogens is 2. The molecule has 8 heteroatoms. The van der Waals surface area contributed by atoms with Crippen molar-refractivity contribution in [2.75, 3.05) is 9.80 Å². The topological polar surface area (TPSA) is 68.9 Å². The summed E-state index contributed by atoms with van der Waals surface area (Å²) < 4.78 is 32.2. The van der Waals surface area contributed by atoms with Crippen LogP contribution in [0.4, 0.5) is 34.1 Å². The maximum Gasteiger partial charge on any atom is 0.143 e. The van der Waals surface area contributed by atoms with Crippen molar-refractivity contribution in [2.45, 2.75) is 0 Å². The van der Waals surface area contributed by atoms with E-state index in [0.29, 0.717) is 0 Å². The minimum absolute atomic E-state index is 0.811. The second-order valence-electron chi connectivity index (χ2n) is 29.4. The van der Waals surface area contributed by atoms with Gasteiger partial charge in [-0.15, -0.1) is 0 Å². The lowest BCUT2D eigenvalue weighted by atomic mass is 9.94. The van der Waals surface area contributed by atoms with Crippen LogP contribution >= 0.6 is 0 Å². The Bertz CT molecular complexity index is 7960. The summed E-state index contributed by atoms with van der Waals surface area (Å²) in [6.45, 7) is 0. The minimum Gasteiger partial charge on any atom is -0.456 e. The van der Waals surface area contributed by atoms with Crippen LogP contribution in [0.1, 0.15) is 0 Å². The molecule has 24 rings (SSSR count). The molecule has 0 radical (unpaired) electrons. The molecule has 6 heterocycles. The lowest BCUT2D eigenvalue weighted by Crippen LogP contribution is -2.09. The predicted molar refractivity (Wildman–Crippen MR) is 465 cm³/mol. The van der Waals surface area contributed by atoms with E-state index in [1.807, 2.05) is 6.07 Å². The van der Waals surface area contributed by atoms with Gasteiger partial charge >= 0.3 is 0 Å². The summed E-state index contributed by atoms with van der Waals surface area (Å²) in [5, 5.41) is 17.9. The van der Waals surface area contributed by atoms with Crippen LogP contribution in [-0.4, -0.2) is 9.13 Å². The standard InChI is InChI=1S/C104H62N4O4/c1-3-21-67(22-4-1)105(71-48-51-83-85-50-42-63-20-7-8-25-76(63)102(85)112-99(83)61-71)69-44-38-65(39-45-69)88-58-74(60-91-82-30-13-18-37-97(82)111-104(88)91)108-94-35-16-11-28-80(94)89-56-66(43-54-95(89)108)75-31-19-32-84-77(75)53-55-98-101(84)86-52-49-72(62-100(86)109-98)106(68-23-5-2-6-24-68)70-46-40-64(41-47-70)87-57-73(59-90-81-29-12-17-36-96(81)110-103(87)90)107-92-33-14-9-26-78(92)79-27-10-15-34-93(79)107/h1-62H. The summed E-state index contributed by atoms with van der Waals surface area (Å²) in [6.07, 6.45) is 0. The fraction of sp³-hybridized carbons (Fsp3) is 0. The van der Waals surface area contributed by atoms with Crippen molar-refractivity contribution in [3.8, 4) is 44.8 Å². The minimum atomic E-state index is 0.811. The number of rotatable bonds is 11. The van der Waals surface area contributed by atoms with Crippen molar-refractivity contribution in [3.05, 3.63) is 376 Å². The summed E-state index contributed by atoms with van der Waals surface area (Å²) in [4.78, 5) is 4.62. The molecule has 0 N–H and O–H groups in total. The molecule has 0 amide bonds. The largest absolute Gasteiger partial charge is 0.456 e. The van der Waals surface area contributed by atoms with Crippen LogP contribution in [0, 0.1) is 0 Å². The van der Waals surface area contributed by atoms with Gasteiger partial charge in [0.1, 0.15) is 44.7 Å². The molecule has 522 valence electrons. The van der Waals surface area contributed by atoms with E-state index >= 15 is 0 Å². The number of hydrogen-bond acceptors (Lipinski definition) is 6. The highest BCUT2D eigenvalue weighted by atomic mass is 16.3. The summed E-state index contributed by atoms with van der Waals surface area (Å²) in [7, 11) is 0. The van der Waals surface area contributed by atoms with Gasteiger partial charge in [-0.25, -0.2) is 0 Å². The number of fused-ring (bicyclic) bond motifs is 22. The van der Waals surface area contributed by atoms with Gasteiger partial charge in [-0.1, -0.05) is 212 Å². The van der Waals surface area contributed by atoms with Crippen LogP contribution in [0.3, 0.4) is 0 Å². The zero-order valence-electron chi connectivity index (χ0n) is 60.2. The highest BCUT2D eigenvalue weighted by Crippen LogP contribution is 2.49. The van der Waals surface area contributed by atoms with E-state index in [9.17, 15) is 0 Å². The number of benzene rings is 18. The average molecular weight is 1430 g/mol.